The molecule has 3 rings (SSSR count). The second-order valence-corrected chi connectivity index (χ2v) is 5.13. The topological polar surface area (TPSA) is 46.9 Å². The third kappa shape index (κ3) is 2.79. The van der Waals surface area contributed by atoms with Crippen LogP contribution in [0.5, 0.6) is 0 Å². The van der Waals surface area contributed by atoms with E-state index in [4.69, 9.17) is 0 Å². The lowest BCUT2D eigenvalue weighted by Crippen LogP contribution is -2.14. The molecule has 0 unspecified atom stereocenters. The largest absolute Gasteiger partial charge is 0.331 e. The number of benzene rings is 2. The second-order valence-electron chi connectivity index (χ2n) is 5.13. The van der Waals surface area contributed by atoms with Crippen molar-refractivity contribution in [1.82, 2.24) is 9.55 Å². The molecule has 4 heteroatoms. The lowest BCUT2D eigenvalue weighted by molar-refractivity contribution is -0.115. The van der Waals surface area contributed by atoms with Crippen LogP contribution in [0.3, 0.4) is 0 Å². The first-order chi connectivity index (χ1) is 10.1. The zero-order chi connectivity index (χ0) is 14.8. The Hall–Kier alpha value is -2.62. The summed E-state index contributed by atoms with van der Waals surface area (Å²) in [7, 11) is 1.98. The Labute approximate surface area is 123 Å². The molecule has 0 saturated heterocycles. The number of anilines is 1. The minimum Gasteiger partial charge on any atom is -0.331 e. The van der Waals surface area contributed by atoms with E-state index >= 15 is 0 Å². The molecule has 0 aliphatic carbocycles. The van der Waals surface area contributed by atoms with E-state index in [1.807, 2.05) is 67.1 Å². The number of aromatic nitrogens is 2. The van der Waals surface area contributed by atoms with E-state index in [0.29, 0.717) is 6.42 Å². The summed E-state index contributed by atoms with van der Waals surface area (Å²) in [6.07, 6.45) is 0.375. The summed E-state index contributed by atoms with van der Waals surface area (Å²) in [5.41, 5.74) is 3.74. The highest BCUT2D eigenvalue weighted by atomic mass is 16.1. The zero-order valence-electron chi connectivity index (χ0n) is 12.1. The Morgan fingerprint density at radius 1 is 1.19 bits per heavy atom. The Kier molecular flexibility index (Phi) is 3.44. The average molecular weight is 279 g/mol. The van der Waals surface area contributed by atoms with E-state index in [0.717, 1.165) is 28.1 Å². The Bertz CT molecular complexity index is 790. The number of hydrogen-bond donors (Lipinski definition) is 1. The van der Waals surface area contributed by atoms with Gasteiger partial charge in [-0.3, -0.25) is 4.79 Å². The molecule has 0 radical (unpaired) electrons. The maximum absolute atomic E-state index is 12.1. The van der Waals surface area contributed by atoms with Crippen LogP contribution in [0, 0.1) is 6.92 Å². The normalized spacial score (nSPS) is 10.8. The van der Waals surface area contributed by atoms with Crippen molar-refractivity contribution < 1.29 is 4.79 Å². The summed E-state index contributed by atoms with van der Waals surface area (Å²) < 4.78 is 2.03. The van der Waals surface area contributed by atoms with Crippen molar-refractivity contribution >= 4 is 22.6 Å². The number of carbonyl (C=O) groups excluding carboxylic acids is 1. The zero-order valence-corrected chi connectivity index (χ0v) is 12.1. The lowest BCUT2D eigenvalue weighted by atomic mass is 10.1. The van der Waals surface area contributed by atoms with E-state index in [1.165, 1.54) is 0 Å². The van der Waals surface area contributed by atoms with Gasteiger partial charge in [0.05, 0.1) is 17.5 Å². The highest BCUT2D eigenvalue weighted by Gasteiger charge is 2.07. The van der Waals surface area contributed by atoms with Gasteiger partial charge in [0, 0.05) is 12.7 Å². The monoisotopic (exact) mass is 279 g/mol. The first-order valence-corrected chi connectivity index (χ1v) is 6.90. The molecule has 1 N–H and O–H groups in total. The van der Waals surface area contributed by atoms with Crippen LogP contribution in [0.2, 0.25) is 0 Å². The molecule has 0 atom stereocenters. The third-order valence-corrected chi connectivity index (χ3v) is 3.60. The standard InChI is InChI=1S/C17H17N3O/c1-12-18-15-11-14(8-9-16(15)20(12)2)19-17(21)10-13-6-4-3-5-7-13/h3-9,11H,10H2,1-2H3,(H,19,21). The Morgan fingerprint density at radius 3 is 2.71 bits per heavy atom. The van der Waals surface area contributed by atoms with Crippen molar-refractivity contribution in [2.75, 3.05) is 5.32 Å². The fourth-order valence-electron chi connectivity index (χ4n) is 2.38. The summed E-state index contributed by atoms with van der Waals surface area (Å²) >= 11 is 0. The second kappa shape index (κ2) is 5.40. The quantitative estimate of drug-likeness (QED) is 0.801. The molecule has 0 spiro atoms. The number of amides is 1. The summed E-state index contributed by atoms with van der Waals surface area (Å²) in [4.78, 5) is 16.5. The third-order valence-electron chi connectivity index (χ3n) is 3.60. The summed E-state index contributed by atoms with van der Waals surface area (Å²) in [6.45, 7) is 1.97. The van der Waals surface area contributed by atoms with Crippen LogP contribution in [0.4, 0.5) is 5.69 Å². The molecule has 106 valence electrons. The minimum absolute atomic E-state index is 0.0202. The Balaban J connectivity index is 1.77. The van der Waals surface area contributed by atoms with Gasteiger partial charge in [-0.1, -0.05) is 30.3 Å². The molecular weight excluding hydrogens is 262 g/mol. The van der Waals surface area contributed by atoms with Crippen LogP contribution in [0.25, 0.3) is 11.0 Å². The van der Waals surface area contributed by atoms with Gasteiger partial charge < -0.3 is 9.88 Å². The fourth-order valence-corrected chi connectivity index (χ4v) is 2.38. The van der Waals surface area contributed by atoms with Crippen molar-refractivity contribution in [2.45, 2.75) is 13.3 Å². The fraction of sp³-hybridized carbons (Fsp3) is 0.176. The molecular formula is C17H17N3O. The molecule has 1 aromatic heterocycles. The van der Waals surface area contributed by atoms with Crippen molar-refractivity contribution in [3.8, 4) is 0 Å². The van der Waals surface area contributed by atoms with Gasteiger partial charge in [-0.2, -0.15) is 0 Å². The van der Waals surface area contributed by atoms with Gasteiger partial charge in [-0.25, -0.2) is 4.98 Å². The number of imidazole rings is 1. The number of fused-ring (bicyclic) bond motifs is 1. The average Bonchev–Trinajstić information content (AvgIpc) is 2.74. The van der Waals surface area contributed by atoms with E-state index in [-0.39, 0.29) is 5.91 Å². The molecule has 21 heavy (non-hydrogen) atoms. The molecule has 2 aromatic carbocycles. The number of nitrogens with zero attached hydrogens (tertiary/aromatic N) is 2. The molecule has 1 amide bonds. The van der Waals surface area contributed by atoms with E-state index < -0.39 is 0 Å². The van der Waals surface area contributed by atoms with E-state index in [9.17, 15) is 4.79 Å². The summed E-state index contributed by atoms with van der Waals surface area (Å²) in [5, 5.41) is 2.92. The molecule has 4 nitrogen and oxygen atoms in total. The van der Waals surface area contributed by atoms with Gasteiger partial charge in [0.15, 0.2) is 0 Å². The Morgan fingerprint density at radius 2 is 1.95 bits per heavy atom. The first-order valence-electron chi connectivity index (χ1n) is 6.90. The molecule has 0 aliphatic rings. The first kappa shape index (κ1) is 13.4. The number of nitrogens with one attached hydrogen (secondary N) is 1. The number of hydrogen-bond acceptors (Lipinski definition) is 2. The summed E-state index contributed by atoms with van der Waals surface area (Å²) in [6, 6.07) is 15.5. The van der Waals surface area contributed by atoms with Crippen molar-refractivity contribution in [3.63, 3.8) is 0 Å². The highest BCUT2D eigenvalue weighted by molar-refractivity contribution is 5.94. The maximum Gasteiger partial charge on any atom is 0.228 e. The van der Waals surface area contributed by atoms with Gasteiger partial charge in [0.2, 0.25) is 5.91 Å². The lowest BCUT2D eigenvalue weighted by Gasteiger charge is -2.05. The van der Waals surface area contributed by atoms with Crippen LogP contribution in [-0.2, 0) is 18.3 Å². The molecule has 0 saturated carbocycles. The maximum atomic E-state index is 12.1. The van der Waals surface area contributed by atoms with Gasteiger partial charge in [0.1, 0.15) is 5.82 Å². The van der Waals surface area contributed by atoms with Gasteiger partial charge in [-0.15, -0.1) is 0 Å². The van der Waals surface area contributed by atoms with E-state index in [1.54, 1.807) is 0 Å². The van der Waals surface area contributed by atoms with Crippen molar-refractivity contribution in [3.05, 3.63) is 59.9 Å². The van der Waals surface area contributed by atoms with Crippen molar-refractivity contribution in [1.29, 1.82) is 0 Å². The van der Waals surface area contributed by atoms with E-state index in [2.05, 4.69) is 10.3 Å². The number of aryl methyl sites for hydroxylation is 2. The van der Waals surface area contributed by atoms with Gasteiger partial charge in [-0.05, 0) is 30.7 Å². The van der Waals surface area contributed by atoms with Crippen LogP contribution in [0.15, 0.2) is 48.5 Å². The van der Waals surface area contributed by atoms with Gasteiger partial charge >= 0.3 is 0 Å². The number of rotatable bonds is 3. The van der Waals surface area contributed by atoms with Crippen LogP contribution < -0.4 is 5.32 Å². The van der Waals surface area contributed by atoms with Crippen molar-refractivity contribution in [2.24, 2.45) is 7.05 Å². The predicted octanol–water partition coefficient (Wildman–Crippen LogP) is 3.06. The number of carbonyl (C=O) groups is 1. The minimum atomic E-state index is -0.0202. The molecule has 3 aromatic rings. The molecule has 1 heterocycles. The molecule has 0 bridgehead atoms. The highest BCUT2D eigenvalue weighted by Crippen LogP contribution is 2.19. The van der Waals surface area contributed by atoms with Crippen LogP contribution in [-0.4, -0.2) is 15.5 Å². The molecule has 0 fully saturated rings. The van der Waals surface area contributed by atoms with Crippen LogP contribution in [0.1, 0.15) is 11.4 Å². The SMILES string of the molecule is Cc1nc2cc(NC(=O)Cc3ccccc3)ccc2n1C. The van der Waals surface area contributed by atoms with Crippen LogP contribution >= 0.6 is 0 Å². The van der Waals surface area contributed by atoms with Gasteiger partial charge in [0.25, 0.3) is 0 Å². The predicted molar refractivity (Wildman–Crippen MR) is 84.2 cm³/mol. The summed E-state index contributed by atoms with van der Waals surface area (Å²) in [5.74, 6) is 0.936. The smallest absolute Gasteiger partial charge is 0.228 e. The molecule has 0 aliphatic heterocycles.